The zero-order chi connectivity index (χ0) is 21.0. The minimum atomic E-state index is -0.331. The molecule has 3 heterocycles. The number of likely N-dealkylation sites (tertiary alicyclic amines) is 1. The zero-order valence-corrected chi connectivity index (χ0v) is 17.2. The van der Waals surface area contributed by atoms with Gasteiger partial charge in [0.15, 0.2) is 6.61 Å². The smallest absolute Gasteiger partial charge is 0.260 e. The van der Waals surface area contributed by atoms with Crippen LogP contribution in [0.25, 0.3) is 0 Å². The molecule has 4 rings (SSSR count). The van der Waals surface area contributed by atoms with Crippen LogP contribution in [-0.2, 0) is 9.53 Å². The van der Waals surface area contributed by atoms with Gasteiger partial charge < -0.3 is 19.1 Å². The van der Waals surface area contributed by atoms with Gasteiger partial charge in [-0.15, -0.1) is 0 Å². The predicted octanol–water partition coefficient (Wildman–Crippen LogP) is 3.53. The summed E-state index contributed by atoms with van der Waals surface area (Å²) in [6.45, 7) is 3.87. The van der Waals surface area contributed by atoms with Crippen molar-refractivity contribution in [2.24, 2.45) is 0 Å². The molecule has 2 aliphatic heterocycles. The van der Waals surface area contributed by atoms with E-state index in [4.69, 9.17) is 14.2 Å². The summed E-state index contributed by atoms with van der Waals surface area (Å²) in [7, 11) is 0. The average Bonchev–Trinajstić information content (AvgIpc) is 2.74. The van der Waals surface area contributed by atoms with Crippen LogP contribution < -0.4 is 9.47 Å². The Morgan fingerprint density at radius 2 is 2.03 bits per heavy atom. The molecule has 160 valence electrons. The number of pyridine rings is 1. The second kappa shape index (κ2) is 9.00. The molecule has 0 aliphatic carbocycles. The standard InChI is InChI=1S/C23H27FN2O4/c1-17-6-10-25-21(14-17)30-20-7-13-29-23(15-20)8-11-26(12-9-23)22(27)16-28-19-4-2-18(24)3-5-19/h2-6,10,14,20H,7-9,11-13,15-16H2,1H3. The van der Waals surface area contributed by atoms with Crippen LogP contribution in [0, 0.1) is 12.7 Å². The maximum absolute atomic E-state index is 13.0. The van der Waals surface area contributed by atoms with Crippen LogP contribution in [-0.4, -0.2) is 53.8 Å². The molecule has 1 spiro atoms. The zero-order valence-electron chi connectivity index (χ0n) is 17.2. The van der Waals surface area contributed by atoms with E-state index in [0.29, 0.717) is 31.3 Å². The maximum atomic E-state index is 13.0. The number of amides is 1. The topological polar surface area (TPSA) is 60.9 Å². The molecule has 2 aromatic rings. The summed E-state index contributed by atoms with van der Waals surface area (Å²) in [6, 6.07) is 9.57. The molecule has 30 heavy (non-hydrogen) atoms. The lowest BCUT2D eigenvalue weighted by Gasteiger charge is -2.45. The van der Waals surface area contributed by atoms with E-state index < -0.39 is 0 Å². The Balaban J connectivity index is 1.27. The second-order valence-corrected chi connectivity index (χ2v) is 8.06. The lowest BCUT2D eigenvalue weighted by atomic mass is 9.83. The number of rotatable bonds is 5. The highest BCUT2D eigenvalue weighted by Gasteiger charge is 2.42. The monoisotopic (exact) mass is 414 g/mol. The molecule has 6 nitrogen and oxygen atoms in total. The summed E-state index contributed by atoms with van der Waals surface area (Å²) < 4.78 is 30.7. The van der Waals surface area contributed by atoms with E-state index in [1.165, 1.54) is 24.3 Å². The molecule has 0 radical (unpaired) electrons. The van der Waals surface area contributed by atoms with Crippen LogP contribution in [0.4, 0.5) is 4.39 Å². The van der Waals surface area contributed by atoms with Crippen LogP contribution in [0.2, 0.25) is 0 Å². The molecule has 2 saturated heterocycles. The number of halogens is 1. The number of carbonyl (C=O) groups is 1. The van der Waals surface area contributed by atoms with Gasteiger partial charge in [-0.2, -0.15) is 0 Å². The van der Waals surface area contributed by atoms with E-state index in [0.717, 1.165) is 31.2 Å². The SMILES string of the molecule is Cc1ccnc(OC2CCOC3(CCN(C(=O)COc4ccc(F)cc4)CC3)C2)c1. The molecule has 2 fully saturated rings. The fourth-order valence-electron chi connectivity index (χ4n) is 4.11. The molecule has 0 N–H and O–H groups in total. The van der Waals surface area contributed by atoms with E-state index >= 15 is 0 Å². The molecule has 0 saturated carbocycles. The Kier molecular flexibility index (Phi) is 6.18. The first-order chi connectivity index (χ1) is 14.5. The van der Waals surface area contributed by atoms with Gasteiger partial charge in [0.1, 0.15) is 17.7 Å². The van der Waals surface area contributed by atoms with Crippen LogP contribution in [0.15, 0.2) is 42.6 Å². The third kappa shape index (κ3) is 5.08. The van der Waals surface area contributed by atoms with Crippen LogP contribution >= 0.6 is 0 Å². The van der Waals surface area contributed by atoms with Crippen molar-refractivity contribution in [3.8, 4) is 11.6 Å². The fourth-order valence-corrected chi connectivity index (χ4v) is 4.11. The number of aromatic nitrogens is 1. The largest absolute Gasteiger partial charge is 0.484 e. The Hall–Kier alpha value is -2.67. The number of hydrogen-bond acceptors (Lipinski definition) is 5. The lowest BCUT2D eigenvalue weighted by molar-refractivity contribution is -0.153. The molecule has 0 bridgehead atoms. The summed E-state index contributed by atoms with van der Waals surface area (Å²) in [5, 5.41) is 0. The van der Waals surface area contributed by atoms with Crippen LogP contribution in [0.5, 0.6) is 11.6 Å². The summed E-state index contributed by atoms with van der Waals surface area (Å²) in [4.78, 5) is 18.6. The lowest BCUT2D eigenvalue weighted by Crippen LogP contribution is -2.53. The number of nitrogens with zero attached hydrogens (tertiary/aromatic N) is 2. The normalized spacial score (nSPS) is 20.7. The molecule has 1 unspecified atom stereocenters. The molecule has 1 atom stereocenters. The van der Waals surface area contributed by atoms with Gasteiger partial charge in [0.2, 0.25) is 5.88 Å². The summed E-state index contributed by atoms with van der Waals surface area (Å²) in [5.41, 5.74) is 0.873. The summed E-state index contributed by atoms with van der Waals surface area (Å²) in [5.74, 6) is 0.742. The van der Waals surface area contributed by atoms with Crippen LogP contribution in [0.3, 0.4) is 0 Å². The maximum Gasteiger partial charge on any atom is 0.260 e. The molecule has 2 aliphatic rings. The van der Waals surface area contributed by atoms with Gasteiger partial charge in [0.25, 0.3) is 5.91 Å². The third-order valence-electron chi connectivity index (χ3n) is 5.83. The summed E-state index contributed by atoms with van der Waals surface area (Å²) in [6.07, 6.45) is 5.02. The first-order valence-corrected chi connectivity index (χ1v) is 10.4. The minimum absolute atomic E-state index is 0.0513. The molecule has 1 aromatic heterocycles. The van der Waals surface area contributed by atoms with Crippen LogP contribution in [0.1, 0.15) is 31.2 Å². The first-order valence-electron chi connectivity index (χ1n) is 10.4. The molecule has 1 aromatic carbocycles. The Bertz CT molecular complexity index is 866. The highest BCUT2D eigenvalue weighted by molar-refractivity contribution is 5.77. The Morgan fingerprint density at radius 1 is 1.27 bits per heavy atom. The Labute approximate surface area is 176 Å². The first kappa shape index (κ1) is 20.6. The summed E-state index contributed by atoms with van der Waals surface area (Å²) >= 11 is 0. The molecular weight excluding hydrogens is 387 g/mol. The van der Waals surface area contributed by atoms with Crippen molar-refractivity contribution in [3.63, 3.8) is 0 Å². The molecular formula is C23H27FN2O4. The van der Waals surface area contributed by atoms with Crippen molar-refractivity contribution in [1.29, 1.82) is 0 Å². The Morgan fingerprint density at radius 3 is 2.77 bits per heavy atom. The van der Waals surface area contributed by atoms with E-state index in [-0.39, 0.29) is 30.0 Å². The number of benzene rings is 1. The predicted molar refractivity (Wildman–Crippen MR) is 109 cm³/mol. The molecule has 7 heteroatoms. The van der Waals surface area contributed by atoms with Crippen molar-refractivity contribution in [3.05, 3.63) is 54.0 Å². The second-order valence-electron chi connectivity index (χ2n) is 8.06. The van der Waals surface area contributed by atoms with Gasteiger partial charge in [-0.25, -0.2) is 9.37 Å². The van der Waals surface area contributed by atoms with E-state index in [2.05, 4.69) is 4.98 Å². The third-order valence-corrected chi connectivity index (χ3v) is 5.83. The van der Waals surface area contributed by atoms with Gasteiger partial charge in [0, 0.05) is 38.2 Å². The van der Waals surface area contributed by atoms with Crippen molar-refractivity contribution < 1.29 is 23.4 Å². The number of aryl methyl sites for hydroxylation is 1. The average molecular weight is 414 g/mol. The number of ether oxygens (including phenoxy) is 3. The highest BCUT2D eigenvalue weighted by atomic mass is 19.1. The van der Waals surface area contributed by atoms with Crippen molar-refractivity contribution in [2.75, 3.05) is 26.3 Å². The van der Waals surface area contributed by atoms with E-state index in [1.54, 1.807) is 6.20 Å². The number of carbonyl (C=O) groups excluding carboxylic acids is 1. The van der Waals surface area contributed by atoms with E-state index in [9.17, 15) is 9.18 Å². The van der Waals surface area contributed by atoms with Gasteiger partial charge in [-0.3, -0.25) is 4.79 Å². The van der Waals surface area contributed by atoms with E-state index in [1.807, 2.05) is 24.0 Å². The van der Waals surface area contributed by atoms with Gasteiger partial charge in [-0.1, -0.05) is 0 Å². The highest BCUT2D eigenvalue weighted by Crippen LogP contribution is 2.36. The minimum Gasteiger partial charge on any atom is -0.484 e. The molecule has 1 amide bonds. The fraction of sp³-hybridized carbons (Fsp3) is 0.478. The van der Waals surface area contributed by atoms with Crippen molar-refractivity contribution >= 4 is 5.91 Å². The number of hydrogen-bond donors (Lipinski definition) is 0. The van der Waals surface area contributed by atoms with Gasteiger partial charge in [0.05, 0.1) is 12.2 Å². The number of piperidine rings is 1. The quantitative estimate of drug-likeness (QED) is 0.749. The van der Waals surface area contributed by atoms with Crippen molar-refractivity contribution in [1.82, 2.24) is 9.88 Å². The van der Waals surface area contributed by atoms with Gasteiger partial charge in [-0.05, 0) is 55.7 Å². The van der Waals surface area contributed by atoms with Gasteiger partial charge >= 0.3 is 0 Å². The van der Waals surface area contributed by atoms with Crippen molar-refractivity contribution in [2.45, 2.75) is 44.3 Å².